The number of esters is 1. The number of nitro benzene ring substituents is 2. The fourth-order valence-electron chi connectivity index (χ4n) is 7.62. The highest BCUT2D eigenvalue weighted by Gasteiger charge is 2.90. The number of carbonyl (C=O) groups is 1. The molecule has 1 unspecified atom stereocenters. The zero-order chi connectivity index (χ0) is 33.4. The zero-order valence-electron chi connectivity index (χ0n) is 24.8. The van der Waals surface area contributed by atoms with Crippen LogP contribution in [-0.4, -0.2) is 52.4 Å². The van der Waals surface area contributed by atoms with Crippen LogP contribution in [0.2, 0.25) is 0 Å². The van der Waals surface area contributed by atoms with Crippen LogP contribution >= 0.6 is 31.9 Å². The lowest BCUT2D eigenvalue weighted by molar-refractivity contribution is -0.569. The minimum Gasteiger partial charge on any atom is -0.616 e. The average molecular weight is 761 g/mol. The van der Waals surface area contributed by atoms with Gasteiger partial charge >= 0.3 is 11.5 Å². The van der Waals surface area contributed by atoms with Crippen LogP contribution in [-0.2, 0) is 26.1 Å². The van der Waals surface area contributed by atoms with E-state index in [-0.39, 0.29) is 17.7 Å². The lowest BCUT2D eigenvalue weighted by Crippen LogP contribution is -2.50. The Bertz CT molecular complexity index is 2080. The van der Waals surface area contributed by atoms with E-state index in [9.17, 15) is 30.1 Å². The van der Waals surface area contributed by atoms with E-state index in [1.165, 1.54) is 26.4 Å². The highest BCUT2D eigenvalue weighted by Crippen LogP contribution is 2.75. The molecule has 4 aromatic carbocycles. The number of carbonyl (C=O) groups excluding carboxylic acids is 1. The monoisotopic (exact) mass is 759 g/mol. The first-order valence-corrected chi connectivity index (χ1v) is 15.9. The van der Waals surface area contributed by atoms with Gasteiger partial charge in [-0.05, 0) is 65.3 Å². The number of non-ortho nitro benzene ring substituents is 2. The van der Waals surface area contributed by atoms with Gasteiger partial charge in [0.2, 0.25) is 5.71 Å². The Labute approximate surface area is 284 Å². The summed E-state index contributed by atoms with van der Waals surface area (Å²) in [4.78, 5) is 37.3. The van der Waals surface area contributed by atoms with Gasteiger partial charge in [0.15, 0.2) is 0 Å². The van der Waals surface area contributed by atoms with Crippen molar-refractivity contribution < 1.29 is 33.8 Å². The summed E-state index contributed by atoms with van der Waals surface area (Å²) in [5, 5.41) is 38.1. The number of halogens is 2. The molecular formula is C34H23Br2N3O8. The number of nitro groups is 2. The molecule has 13 heteroatoms. The second-order valence-corrected chi connectivity index (χ2v) is 13.2. The van der Waals surface area contributed by atoms with Crippen molar-refractivity contribution in [1.29, 1.82) is 0 Å². The molecule has 0 N–H and O–H groups in total. The number of rotatable bonds is 6. The number of nitrogens with zero attached hydrogens (tertiary/aromatic N) is 3. The molecule has 47 heavy (non-hydrogen) atoms. The molecule has 0 saturated heterocycles. The average Bonchev–Trinajstić information content (AvgIpc) is 3.63. The van der Waals surface area contributed by atoms with Gasteiger partial charge in [0.25, 0.3) is 11.4 Å². The van der Waals surface area contributed by atoms with E-state index in [1.54, 1.807) is 16.7 Å². The smallest absolute Gasteiger partial charge is 0.384 e. The quantitative estimate of drug-likeness (QED) is 0.0818. The second kappa shape index (κ2) is 10.8. The van der Waals surface area contributed by atoms with Gasteiger partial charge in [0, 0.05) is 33.1 Å². The van der Waals surface area contributed by atoms with Crippen LogP contribution < -0.4 is 5.11 Å². The van der Waals surface area contributed by atoms with E-state index >= 15 is 0 Å². The maximum Gasteiger partial charge on any atom is 0.384 e. The molecule has 1 heterocycles. The molecule has 0 amide bonds. The van der Waals surface area contributed by atoms with Crippen LogP contribution in [0.15, 0.2) is 99.3 Å². The fourth-order valence-corrected chi connectivity index (χ4v) is 8.34. The van der Waals surface area contributed by atoms with Crippen molar-refractivity contribution in [3.8, 4) is 11.1 Å². The minimum atomic E-state index is -1.85. The molecular weight excluding hydrogens is 738 g/mol. The van der Waals surface area contributed by atoms with Gasteiger partial charge < -0.3 is 14.6 Å². The van der Waals surface area contributed by atoms with E-state index < -0.39 is 44.1 Å². The lowest BCUT2D eigenvalue weighted by atomic mass is 9.85. The highest BCUT2D eigenvalue weighted by atomic mass is 79.9. The molecule has 0 radical (unpaired) electrons. The largest absolute Gasteiger partial charge is 0.616 e. The van der Waals surface area contributed by atoms with Crippen LogP contribution in [0.3, 0.4) is 0 Å². The standard InChI is InChI=1S/C34H23Br2N3O8/c1-46-31(40)30-33(27-15-20(35)7-9-25(27)26-10-8-21(36)16-28(26)33)34(30,32(41)47-2)37-12-11-18-5-3-4-6-24(18)29(37)19-13-22(38(42)43)17-23(14-19)39(44)45/h3-10,13-17H,11-12H2,1-2H3/b31-30-. The Hall–Kier alpha value is -4.88. The summed E-state index contributed by atoms with van der Waals surface area (Å²) in [6.45, 7) is 0.160. The number of benzene rings is 4. The molecule has 0 bridgehead atoms. The first kappa shape index (κ1) is 30.8. The number of methoxy groups -OCH3 is 2. The fraction of sp³-hybridized carbons (Fsp3) is 0.176. The van der Waals surface area contributed by atoms with Gasteiger partial charge in [0.05, 0.1) is 40.1 Å². The van der Waals surface area contributed by atoms with E-state index in [4.69, 9.17) is 9.47 Å². The van der Waals surface area contributed by atoms with Crippen LogP contribution in [0.5, 0.6) is 0 Å². The van der Waals surface area contributed by atoms with Crippen molar-refractivity contribution in [1.82, 2.24) is 0 Å². The lowest BCUT2D eigenvalue weighted by Gasteiger charge is -2.26. The second-order valence-electron chi connectivity index (χ2n) is 11.4. The molecule has 11 nitrogen and oxygen atoms in total. The van der Waals surface area contributed by atoms with Crippen LogP contribution in [0.1, 0.15) is 27.8 Å². The number of hydrogen-bond acceptors (Lipinski definition) is 8. The molecule has 1 atom stereocenters. The predicted molar refractivity (Wildman–Crippen MR) is 175 cm³/mol. The summed E-state index contributed by atoms with van der Waals surface area (Å²) in [5.41, 5.74) is 0.666. The van der Waals surface area contributed by atoms with Crippen molar-refractivity contribution in [2.75, 3.05) is 20.8 Å². The first-order valence-electron chi connectivity index (χ1n) is 14.3. The van der Waals surface area contributed by atoms with Crippen molar-refractivity contribution in [3.05, 3.63) is 147 Å². The van der Waals surface area contributed by atoms with Gasteiger partial charge in [-0.2, -0.15) is 0 Å². The maximum atomic E-state index is 14.7. The zero-order valence-corrected chi connectivity index (χ0v) is 28.0. The molecule has 1 fully saturated rings. The molecule has 4 aromatic rings. The SMILES string of the molecule is COC(=O)C1([N+]2=C(c3cc([N+](=O)[O-])cc([N+](=O)[O-])c3)c3ccccc3CC2)/C(=C(/[O-])OC)C12c1cc(Br)ccc1-c1ccc(Br)cc12. The predicted octanol–water partition coefficient (Wildman–Crippen LogP) is 5.54. The van der Waals surface area contributed by atoms with E-state index in [0.717, 1.165) is 22.8 Å². The topological polar surface area (TPSA) is 148 Å². The molecule has 0 aromatic heterocycles. The summed E-state index contributed by atoms with van der Waals surface area (Å²) < 4.78 is 14.1. The highest BCUT2D eigenvalue weighted by molar-refractivity contribution is 9.10. The number of ether oxygens (including phenoxy) is 2. The minimum absolute atomic E-state index is 0.104. The molecule has 236 valence electrons. The normalized spacial score (nSPS) is 19.4. The molecule has 1 saturated carbocycles. The third-order valence-corrected chi connectivity index (χ3v) is 10.3. The van der Waals surface area contributed by atoms with Crippen molar-refractivity contribution in [2.24, 2.45) is 0 Å². The van der Waals surface area contributed by atoms with Crippen molar-refractivity contribution in [2.45, 2.75) is 17.4 Å². The van der Waals surface area contributed by atoms with Gasteiger partial charge in [-0.1, -0.05) is 62.2 Å². The van der Waals surface area contributed by atoms with Gasteiger partial charge in [-0.15, -0.1) is 0 Å². The third-order valence-electron chi connectivity index (χ3n) is 9.30. The Kier molecular flexibility index (Phi) is 7.10. The van der Waals surface area contributed by atoms with E-state index in [1.807, 2.05) is 48.5 Å². The first-order chi connectivity index (χ1) is 22.5. The maximum absolute atomic E-state index is 14.7. The van der Waals surface area contributed by atoms with Crippen LogP contribution in [0, 0.1) is 20.2 Å². The van der Waals surface area contributed by atoms with Gasteiger partial charge in [0.1, 0.15) is 12.0 Å². The third kappa shape index (κ3) is 4.08. The Morgan fingerprint density at radius 2 is 1.38 bits per heavy atom. The van der Waals surface area contributed by atoms with Gasteiger partial charge in [-0.3, -0.25) is 20.2 Å². The van der Waals surface area contributed by atoms with Crippen molar-refractivity contribution in [3.63, 3.8) is 0 Å². The summed E-state index contributed by atoms with van der Waals surface area (Å²) in [5.74, 6) is -1.49. The molecule has 3 aliphatic rings. The molecule has 2 aliphatic carbocycles. The van der Waals surface area contributed by atoms with E-state index in [2.05, 4.69) is 31.9 Å². The number of hydrogen-bond donors (Lipinski definition) is 0. The summed E-state index contributed by atoms with van der Waals surface area (Å²) >= 11 is 7.16. The Balaban J connectivity index is 1.70. The van der Waals surface area contributed by atoms with E-state index in [0.29, 0.717) is 37.8 Å². The molecule has 7 rings (SSSR count). The Morgan fingerprint density at radius 1 is 0.809 bits per heavy atom. The van der Waals surface area contributed by atoms with Crippen molar-refractivity contribution >= 4 is 54.9 Å². The summed E-state index contributed by atoms with van der Waals surface area (Å²) in [6.07, 6.45) is 0.427. The molecule has 1 aliphatic heterocycles. The van der Waals surface area contributed by atoms with Crippen LogP contribution in [0.4, 0.5) is 11.4 Å². The summed E-state index contributed by atoms with van der Waals surface area (Å²) in [6, 6.07) is 22.0. The van der Waals surface area contributed by atoms with Gasteiger partial charge in [-0.25, -0.2) is 9.37 Å². The summed E-state index contributed by atoms with van der Waals surface area (Å²) in [7, 11) is 2.47. The van der Waals surface area contributed by atoms with Crippen LogP contribution in [0.25, 0.3) is 11.1 Å². The molecule has 1 spiro atoms. The Morgan fingerprint density at radius 3 is 1.91 bits per heavy atom. The number of fused-ring (bicyclic) bond motifs is 6.